The van der Waals surface area contributed by atoms with Crippen LogP contribution in [0.3, 0.4) is 0 Å². The van der Waals surface area contributed by atoms with Crippen molar-refractivity contribution in [2.45, 2.75) is 121 Å². The Bertz CT molecular complexity index is 778. The highest BCUT2D eigenvalue weighted by atomic mass is 16.5. The van der Waals surface area contributed by atoms with Gasteiger partial charge in [0.25, 0.3) is 0 Å². The van der Waals surface area contributed by atoms with Crippen molar-refractivity contribution in [1.82, 2.24) is 4.90 Å². The summed E-state index contributed by atoms with van der Waals surface area (Å²) >= 11 is 0. The van der Waals surface area contributed by atoms with E-state index in [4.69, 9.17) is 4.74 Å². The molecule has 1 aliphatic carbocycles. The summed E-state index contributed by atoms with van der Waals surface area (Å²) in [6, 6.07) is 10.2. The van der Waals surface area contributed by atoms with E-state index < -0.39 is 6.10 Å². The van der Waals surface area contributed by atoms with Gasteiger partial charge in [-0.25, -0.2) is 0 Å². The number of likely N-dealkylation sites (tertiary alicyclic amines) is 1. The Labute approximate surface area is 200 Å². The van der Waals surface area contributed by atoms with Crippen molar-refractivity contribution in [2.75, 3.05) is 0 Å². The first-order valence-electron chi connectivity index (χ1n) is 13.5. The maximum Gasteiger partial charge on any atom is 0.232 e. The lowest BCUT2D eigenvalue weighted by Crippen LogP contribution is -2.73. The van der Waals surface area contributed by atoms with Crippen molar-refractivity contribution >= 4 is 5.91 Å². The largest absolute Gasteiger partial charge is 0.389 e. The van der Waals surface area contributed by atoms with Gasteiger partial charge in [-0.3, -0.25) is 4.79 Å². The maximum atomic E-state index is 13.2. The number of amides is 1. The van der Waals surface area contributed by atoms with Crippen molar-refractivity contribution in [1.29, 1.82) is 0 Å². The van der Waals surface area contributed by atoms with Crippen molar-refractivity contribution in [3.8, 4) is 0 Å². The predicted molar refractivity (Wildman–Crippen MR) is 133 cm³/mol. The molecule has 4 heteroatoms. The first-order chi connectivity index (χ1) is 16.2. The normalized spacial score (nSPS) is 30.2. The van der Waals surface area contributed by atoms with E-state index in [9.17, 15) is 9.90 Å². The molecule has 1 spiro atoms. The van der Waals surface area contributed by atoms with E-state index in [0.717, 1.165) is 18.4 Å². The SMILES string of the molecule is CCCCCCCCCCCCC[C@H]1O[C@H]2C[C@@H](O)C=C[C@@]23[C@@H]1C(=O)N3Cc1ccccc1. The number of β-lactam (4-membered cyclic amide) rings is 1. The van der Waals surface area contributed by atoms with Gasteiger partial charge in [-0.05, 0) is 12.0 Å². The summed E-state index contributed by atoms with van der Waals surface area (Å²) in [5.74, 6) is 0.133. The first kappa shape index (κ1) is 24.5. The number of carbonyl (C=O) groups excluding carboxylic acids is 1. The van der Waals surface area contributed by atoms with E-state index >= 15 is 0 Å². The summed E-state index contributed by atoms with van der Waals surface area (Å²) < 4.78 is 6.47. The van der Waals surface area contributed by atoms with Gasteiger partial charge in [0.1, 0.15) is 5.54 Å². The fourth-order valence-electron chi connectivity index (χ4n) is 6.22. The number of benzene rings is 1. The van der Waals surface area contributed by atoms with Crippen LogP contribution in [0.1, 0.15) is 96.0 Å². The molecule has 1 N–H and O–H groups in total. The molecule has 1 amide bonds. The van der Waals surface area contributed by atoms with Crippen LogP contribution in [-0.4, -0.2) is 39.8 Å². The molecule has 0 radical (unpaired) electrons. The molecule has 2 aliphatic heterocycles. The summed E-state index contributed by atoms with van der Waals surface area (Å²) in [6.07, 6.45) is 19.5. The molecule has 3 aliphatic rings. The Kier molecular flexibility index (Phi) is 8.65. The van der Waals surface area contributed by atoms with Crippen LogP contribution < -0.4 is 0 Å². The van der Waals surface area contributed by atoms with Gasteiger partial charge in [0.15, 0.2) is 0 Å². The number of hydrogen-bond donors (Lipinski definition) is 1. The Morgan fingerprint density at radius 3 is 2.27 bits per heavy atom. The number of nitrogens with zero attached hydrogens (tertiary/aromatic N) is 1. The quantitative estimate of drug-likeness (QED) is 0.208. The van der Waals surface area contributed by atoms with E-state index in [-0.39, 0.29) is 29.6 Å². The monoisotopic (exact) mass is 453 g/mol. The van der Waals surface area contributed by atoms with Crippen LogP contribution in [0.15, 0.2) is 42.5 Å². The summed E-state index contributed by atoms with van der Waals surface area (Å²) in [5, 5.41) is 10.2. The number of carbonyl (C=O) groups is 1. The zero-order chi connectivity index (χ0) is 23.1. The van der Waals surface area contributed by atoms with Crippen molar-refractivity contribution < 1.29 is 14.6 Å². The highest BCUT2D eigenvalue weighted by molar-refractivity contribution is 5.90. The second-order valence-corrected chi connectivity index (χ2v) is 10.4. The molecule has 182 valence electrons. The smallest absolute Gasteiger partial charge is 0.232 e. The van der Waals surface area contributed by atoms with Gasteiger partial charge in [0, 0.05) is 13.0 Å². The van der Waals surface area contributed by atoms with E-state index in [2.05, 4.69) is 25.1 Å². The number of unbranched alkanes of at least 4 members (excludes halogenated alkanes) is 10. The molecule has 0 unspecified atom stereocenters. The third-order valence-corrected chi connectivity index (χ3v) is 8.04. The predicted octanol–water partition coefficient (Wildman–Crippen LogP) is 6.17. The van der Waals surface area contributed by atoms with E-state index in [1.807, 2.05) is 29.2 Å². The summed E-state index contributed by atoms with van der Waals surface area (Å²) in [6.45, 7) is 2.88. The Balaban J connectivity index is 1.24. The molecule has 1 aromatic carbocycles. The fourth-order valence-corrected chi connectivity index (χ4v) is 6.22. The number of ether oxygens (including phenoxy) is 1. The average Bonchev–Trinajstić information content (AvgIpc) is 3.11. The lowest BCUT2D eigenvalue weighted by atomic mass is 9.65. The topological polar surface area (TPSA) is 49.8 Å². The molecule has 33 heavy (non-hydrogen) atoms. The average molecular weight is 454 g/mol. The molecule has 4 rings (SSSR count). The number of rotatable bonds is 14. The van der Waals surface area contributed by atoms with Crippen molar-refractivity contribution in [3.63, 3.8) is 0 Å². The second kappa shape index (κ2) is 11.7. The number of aliphatic hydroxyl groups is 1. The van der Waals surface area contributed by atoms with E-state index in [1.165, 1.54) is 64.2 Å². The van der Waals surface area contributed by atoms with Crippen LogP contribution >= 0.6 is 0 Å². The Hall–Kier alpha value is -1.65. The van der Waals surface area contributed by atoms with Gasteiger partial charge < -0.3 is 14.7 Å². The summed E-state index contributed by atoms with van der Waals surface area (Å²) in [4.78, 5) is 15.2. The summed E-state index contributed by atoms with van der Waals surface area (Å²) in [7, 11) is 0. The molecule has 2 fully saturated rings. The van der Waals surface area contributed by atoms with Crippen LogP contribution in [0.4, 0.5) is 0 Å². The summed E-state index contributed by atoms with van der Waals surface area (Å²) in [5.41, 5.74) is 0.778. The maximum absolute atomic E-state index is 13.2. The van der Waals surface area contributed by atoms with Gasteiger partial charge in [-0.1, -0.05) is 120 Å². The van der Waals surface area contributed by atoms with E-state index in [1.54, 1.807) is 0 Å². The second-order valence-electron chi connectivity index (χ2n) is 10.4. The zero-order valence-corrected chi connectivity index (χ0v) is 20.5. The van der Waals surface area contributed by atoms with Crippen LogP contribution in [0.5, 0.6) is 0 Å². The van der Waals surface area contributed by atoms with Crippen LogP contribution in [0, 0.1) is 5.92 Å². The minimum absolute atomic E-state index is 0.0111. The molecule has 4 nitrogen and oxygen atoms in total. The van der Waals surface area contributed by atoms with Crippen LogP contribution in [-0.2, 0) is 16.1 Å². The van der Waals surface area contributed by atoms with Gasteiger partial charge in [-0.2, -0.15) is 0 Å². The zero-order valence-electron chi connectivity index (χ0n) is 20.5. The first-order valence-corrected chi connectivity index (χ1v) is 13.5. The molecule has 0 saturated carbocycles. The standard InChI is InChI=1S/C29H43NO3/c1-2-3-4-5-6-7-8-9-10-11-15-18-25-27-28(32)30(22-23-16-13-12-14-17-23)29(27)20-19-24(31)21-26(29)33-25/h12-14,16-17,19-20,24-27,31H,2-11,15,18,21-22H2,1H3/t24-,25+,26-,27-,29-/m0/s1. The number of hydrogen-bond acceptors (Lipinski definition) is 3. The fraction of sp³-hybridized carbons (Fsp3) is 0.690. The Morgan fingerprint density at radius 2 is 1.61 bits per heavy atom. The lowest BCUT2D eigenvalue weighted by molar-refractivity contribution is -0.166. The molecule has 5 atom stereocenters. The van der Waals surface area contributed by atoms with Crippen molar-refractivity contribution in [2.24, 2.45) is 5.92 Å². The van der Waals surface area contributed by atoms with E-state index in [0.29, 0.717) is 13.0 Å². The molecule has 0 aromatic heterocycles. The molecule has 0 bridgehead atoms. The van der Waals surface area contributed by atoms with Crippen molar-refractivity contribution in [3.05, 3.63) is 48.0 Å². The third kappa shape index (κ3) is 5.38. The van der Waals surface area contributed by atoms with Gasteiger partial charge >= 0.3 is 0 Å². The Morgan fingerprint density at radius 1 is 0.970 bits per heavy atom. The molecule has 2 heterocycles. The molecular weight excluding hydrogens is 410 g/mol. The molecule has 1 aromatic rings. The minimum atomic E-state index is -0.476. The van der Waals surface area contributed by atoms with Crippen LogP contribution in [0.2, 0.25) is 0 Å². The van der Waals surface area contributed by atoms with Gasteiger partial charge in [0.05, 0.1) is 24.2 Å². The highest BCUT2D eigenvalue weighted by Gasteiger charge is 2.70. The minimum Gasteiger partial charge on any atom is -0.389 e. The highest BCUT2D eigenvalue weighted by Crippen LogP contribution is 2.55. The van der Waals surface area contributed by atoms with Gasteiger partial charge in [0.2, 0.25) is 5.91 Å². The molecular formula is C29H43NO3. The third-order valence-electron chi connectivity index (χ3n) is 8.04. The molecule has 2 saturated heterocycles. The van der Waals surface area contributed by atoms with Gasteiger partial charge in [-0.15, -0.1) is 0 Å². The number of aliphatic hydroxyl groups excluding tert-OH is 1. The lowest BCUT2D eigenvalue weighted by Gasteiger charge is -2.56. The van der Waals surface area contributed by atoms with Crippen LogP contribution in [0.25, 0.3) is 0 Å².